The number of benzene rings is 2. The second kappa shape index (κ2) is 7.04. The van der Waals surface area contributed by atoms with Crippen molar-refractivity contribution >= 4 is 22.6 Å². The number of piperidine rings is 1. The number of nitrogens with zero attached hydrogens (tertiary/aromatic N) is 1. The van der Waals surface area contributed by atoms with Crippen LogP contribution in [-0.4, -0.2) is 35.5 Å². The largest absolute Gasteiger partial charge is 0.452 e. The van der Waals surface area contributed by atoms with Crippen LogP contribution in [0.25, 0.3) is 10.8 Å². The molecule has 0 N–H and O–H groups in total. The quantitative estimate of drug-likeness (QED) is 0.807. The van der Waals surface area contributed by atoms with Crippen LogP contribution in [0.1, 0.15) is 43.5 Å². The summed E-state index contributed by atoms with van der Waals surface area (Å²) in [5.74, 6) is -0.555. The number of likely N-dealkylation sites (tertiary alicyclic amines) is 1. The van der Waals surface area contributed by atoms with E-state index in [1.807, 2.05) is 41.3 Å². The molecule has 0 saturated carbocycles. The SMILES string of the molecule is C[C@H]1CCC[C@H](C)N1C(=O)COC(=O)c1cccc2ccccc12. The van der Waals surface area contributed by atoms with Gasteiger partial charge in [-0.1, -0.05) is 36.4 Å². The predicted octanol–water partition coefficient (Wildman–Crippen LogP) is 3.79. The number of hydrogen-bond donors (Lipinski definition) is 0. The maximum Gasteiger partial charge on any atom is 0.339 e. The summed E-state index contributed by atoms with van der Waals surface area (Å²) in [7, 11) is 0. The Kier molecular flexibility index (Phi) is 4.84. The number of ether oxygens (including phenoxy) is 1. The Hall–Kier alpha value is -2.36. The smallest absolute Gasteiger partial charge is 0.339 e. The monoisotopic (exact) mass is 325 g/mol. The fourth-order valence-electron chi connectivity index (χ4n) is 3.60. The average molecular weight is 325 g/mol. The van der Waals surface area contributed by atoms with Gasteiger partial charge in [0.2, 0.25) is 0 Å². The molecule has 0 aromatic heterocycles. The summed E-state index contributed by atoms with van der Waals surface area (Å²) in [6.07, 6.45) is 3.16. The number of rotatable bonds is 3. The fourth-order valence-corrected chi connectivity index (χ4v) is 3.60. The highest BCUT2D eigenvalue weighted by Gasteiger charge is 2.29. The van der Waals surface area contributed by atoms with Gasteiger partial charge in [0.15, 0.2) is 6.61 Å². The molecule has 1 saturated heterocycles. The average Bonchev–Trinajstić information content (AvgIpc) is 2.59. The number of fused-ring (bicyclic) bond motifs is 1. The second-order valence-electron chi connectivity index (χ2n) is 6.53. The van der Waals surface area contributed by atoms with Crippen molar-refractivity contribution in [3.8, 4) is 0 Å². The molecule has 0 bridgehead atoms. The third-order valence-corrected chi connectivity index (χ3v) is 4.82. The topological polar surface area (TPSA) is 46.6 Å². The molecule has 3 rings (SSSR count). The van der Waals surface area contributed by atoms with Crippen molar-refractivity contribution in [2.45, 2.75) is 45.2 Å². The first-order valence-electron chi connectivity index (χ1n) is 8.54. The Labute approximate surface area is 142 Å². The number of esters is 1. The van der Waals surface area contributed by atoms with Crippen molar-refractivity contribution in [3.05, 3.63) is 48.0 Å². The summed E-state index contributed by atoms with van der Waals surface area (Å²) in [6, 6.07) is 13.6. The van der Waals surface area contributed by atoms with Crippen molar-refractivity contribution in [2.75, 3.05) is 6.61 Å². The molecule has 0 unspecified atom stereocenters. The van der Waals surface area contributed by atoms with E-state index in [-0.39, 0.29) is 24.6 Å². The van der Waals surface area contributed by atoms with Gasteiger partial charge in [0.1, 0.15) is 0 Å². The summed E-state index contributed by atoms with van der Waals surface area (Å²) < 4.78 is 5.32. The van der Waals surface area contributed by atoms with Crippen LogP contribution in [0.5, 0.6) is 0 Å². The molecule has 1 amide bonds. The fraction of sp³-hybridized carbons (Fsp3) is 0.400. The molecule has 1 heterocycles. The summed E-state index contributed by atoms with van der Waals surface area (Å²) in [5.41, 5.74) is 0.501. The number of amides is 1. The molecule has 1 aliphatic rings. The molecule has 1 fully saturated rings. The molecule has 0 radical (unpaired) electrons. The second-order valence-corrected chi connectivity index (χ2v) is 6.53. The summed E-state index contributed by atoms with van der Waals surface area (Å²) in [6.45, 7) is 3.91. The molecule has 4 heteroatoms. The molecule has 0 spiro atoms. The van der Waals surface area contributed by atoms with E-state index in [1.54, 1.807) is 6.07 Å². The lowest BCUT2D eigenvalue weighted by Crippen LogP contribution is -2.49. The van der Waals surface area contributed by atoms with Gasteiger partial charge in [-0.05, 0) is 49.9 Å². The minimum atomic E-state index is -0.447. The van der Waals surface area contributed by atoms with Crippen LogP contribution in [0.4, 0.5) is 0 Å². The van der Waals surface area contributed by atoms with Crippen molar-refractivity contribution in [3.63, 3.8) is 0 Å². The van der Waals surface area contributed by atoms with E-state index in [0.29, 0.717) is 5.56 Å². The van der Waals surface area contributed by atoms with Gasteiger partial charge in [-0.3, -0.25) is 4.79 Å². The molecule has 126 valence electrons. The first kappa shape index (κ1) is 16.5. The highest BCUT2D eigenvalue weighted by molar-refractivity contribution is 6.04. The van der Waals surface area contributed by atoms with Gasteiger partial charge in [-0.2, -0.15) is 0 Å². The van der Waals surface area contributed by atoms with E-state index < -0.39 is 5.97 Å². The van der Waals surface area contributed by atoms with E-state index in [1.165, 1.54) is 0 Å². The van der Waals surface area contributed by atoms with Gasteiger partial charge in [0, 0.05) is 12.1 Å². The minimum Gasteiger partial charge on any atom is -0.452 e. The Morgan fingerprint density at radius 3 is 2.46 bits per heavy atom. The van der Waals surface area contributed by atoms with E-state index >= 15 is 0 Å². The molecule has 1 aliphatic heterocycles. The first-order valence-corrected chi connectivity index (χ1v) is 8.54. The number of carbonyl (C=O) groups is 2. The predicted molar refractivity (Wildman–Crippen MR) is 93.9 cm³/mol. The van der Waals surface area contributed by atoms with Gasteiger partial charge < -0.3 is 9.64 Å². The first-order chi connectivity index (χ1) is 11.6. The lowest BCUT2D eigenvalue weighted by molar-refractivity contribution is -0.140. The molecule has 4 nitrogen and oxygen atoms in total. The molecular weight excluding hydrogens is 302 g/mol. The van der Waals surface area contributed by atoms with Gasteiger partial charge >= 0.3 is 5.97 Å². The Morgan fingerprint density at radius 1 is 1.04 bits per heavy atom. The van der Waals surface area contributed by atoms with Gasteiger partial charge in [-0.25, -0.2) is 4.79 Å². The zero-order valence-corrected chi connectivity index (χ0v) is 14.2. The third kappa shape index (κ3) is 3.28. The van der Waals surface area contributed by atoms with Crippen molar-refractivity contribution in [1.82, 2.24) is 4.90 Å². The van der Waals surface area contributed by atoms with Crippen LogP contribution >= 0.6 is 0 Å². The lowest BCUT2D eigenvalue weighted by Gasteiger charge is -2.38. The normalized spacial score (nSPS) is 20.8. The zero-order chi connectivity index (χ0) is 17.1. The number of hydrogen-bond acceptors (Lipinski definition) is 3. The van der Waals surface area contributed by atoms with Crippen molar-refractivity contribution < 1.29 is 14.3 Å². The Bertz CT molecular complexity index is 740. The molecular formula is C20H23NO3. The lowest BCUT2D eigenvalue weighted by atomic mass is 9.97. The summed E-state index contributed by atoms with van der Waals surface area (Å²) in [5, 5.41) is 1.83. The maximum atomic E-state index is 12.5. The summed E-state index contributed by atoms with van der Waals surface area (Å²) >= 11 is 0. The van der Waals surface area contributed by atoms with Crippen LogP contribution in [0.2, 0.25) is 0 Å². The van der Waals surface area contributed by atoms with Crippen LogP contribution in [0.15, 0.2) is 42.5 Å². The van der Waals surface area contributed by atoms with Crippen molar-refractivity contribution in [2.24, 2.45) is 0 Å². The van der Waals surface area contributed by atoms with Crippen LogP contribution in [-0.2, 0) is 9.53 Å². The van der Waals surface area contributed by atoms with Gasteiger partial charge in [0.25, 0.3) is 5.91 Å². The summed E-state index contributed by atoms with van der Waals surface area (Å²) in [4.78, 5) is 26.7. The van der Waals surface area contributed by atoms with E-state index in [9.17, 15) is 9.59 Å². The zero-order valence-electron chi connectivity index (χ0n) is 14.2. The molecule has 2 aromatic rings. The van der Waals surface area contributed by atoms with Crippen LogP contribution in [0, 0.1) is 0 Å². The van der Waals surface area contributed by atoms with E-state index in [0.717, 1.165) is 30.0 Å². The molecule has 2 atom stereocenters. The molecule has 2 aromatic carbocycles. The minimum absolute atomic E-state index is 0.108. The third-order valence-electron chi connectivity index (χ3n) is 4.82. The standard InChI is InChI=1S/C20H23NO3/c1-14-7-5-8-15(2)21(14)19(22)13-24-20(23)18-12-6-10-16-9-3-4-11-17(16)18/h3-4,6,9-12,14-15H,5,7-8,13H2,1-2H3/t14-,15-/m0/s1. The van der Waals surface area contributed by atoms with E-state index in [4.69, 9.17) is 4.74 Å². The Morgan fingerprint density at radius 2 is 1.71 bits per heavy atom. The van der Waals surface area contributed by atoms with Gasteiger partial charge in [-0.15, -0.1) is 0 Å². The van der Waals surface area contributed by atoms with Gasteiger partial charge in [0.05, 0.1) is 5.56 Å². The molecule has 0 aliphatic carbocycles. The maximum absolute atomic E-state index is 12.5. The highest BCUT2D eigenvalue weighted by atomic mass is 16.5. The Balaban J connectivity index is 1.70. The highest BCUT2D eigenvalue weighted by Crippen LogP contribution is 2.23. The van der Waals surface area contributed by atoms with Crippen molar-refractivity contribution in [1.29, 1.82) is 0 Å². The van der Waals surface area contributed by atoms with E-state index in [2.05, 4.69) is 13.8 Å². The number of carbonyl (C=O) groups excluding carboxylic acids is 2. The van der Waals surface area contributed by atoms with Crippen LogP contribution < -0.4 is 0 Å². The van der Waals surface area contributed by atoms with Crippen LogP contribution in [0.3, 0.4) is 0 Å². The molecule has 24 heavy (non-hydrogen) atoms.